The molecule has 0 fully saturated rings. The molecule has 1 aromatic carbocycles. The zero-order chi connectivity index (χ0) is 9.84. The minimum Gasteiger partial charge on any atom is -0.325 e. The van der Waals surface area contributed by atoms with Gasteiger partial charge in [0.2, 0.25) is 5.91 Å². The molecule has 0 saturated heterocycles. The summed E-state index contributed by atoms with van der Waals surface area (Å²) in [6, 6.07) is 4.21. The molecule has 0 aliphatic heterocycles. The van der Waals surface area contributed by atoms with Gasteiger partial charge in [0.25, 0.3) is 0 Å². The Morgan fingerprint density at radius 1 is 1.57 bits per heavy atom. The van der Waals surface area contributed by atoms with Crippen molar-refractivity contribution in [3.63, 3.8) is 0 Å². The van der Waals surface area contributed by atoms with Crippen LogP contribution in [0.5, 0.6) is 0 Å². The molecule has 0 atom stereocenters. The van der Waals surface area contributed by atoms with Crippen LogP contribution in [0.15, 0.2) is 18.2 Å². The predicted octanol–water partition coefficient (Wildman–Crippen LogP) is 1.45. The van der Waals surface area contributed by atoms with Crippen molar-refractivity contribution in [2.24, 2.45) is 5.73 Å². The topological polar surface area (TPSA) is 55.1 Å². The van der Waals surface area contributed by atoms with Gasteiger partial charge < -0.3 is 11.1 Å². The Morgan fingerprint density at radius 2 is 2.21 bits per heavy atom. The van der Waals surface area contributed by atoms with E-state index in [4.69, 9.17) is 5.73 Å². The number of halogens is 2. The van der Waals surface area contributed by atoms with E-state index in [1.165, 1.54) is 12.1 Å². The highest BCUT2D eigenvalue weighted by Gasteiger charge is 2.03. The van der Waals surface area contributed by atoms with E-state index >= 15 is 0 Å². The Balaban J connectivity index is 0.00000169. The average Bonchev–Trinajstić information content (AvgIpc) is 2.11. The summed E-state index contributed by atoms with van der Waals surface area (Å²) in [4.78, 5) is 10.9. The quantitative estimate of drug-likeness (QED) is 0.790. The first-order chi connectivity index (χ1) is 6.13. The van der Waals surface area contributed by atoms with Gasteiger partial charge in [0.05, 0.1) is 6.54 Å². The fraction of sp³-hybridized carbons (Fsp3) is 0.222. The van der Waals surface area contributed by atoms with Crippen LogP contribution in [0, 0.1) is 12.7 Å². The summed E-state index contributed by atoms with van der Waals surface area (Å²) < 4.78 is 12.7. The second kappa shape index (κ2) is 5.57. The molecule has 0 saturated carbocycles. The van der Waals surface area contributed by atoms with Gasteiger partial charge in [0.1, 0.15) is 5.82 Å². The summed E-state index contributed by atoms with van der Waals surface area (Å²) in [5.74, 6) is -0.702. The zero-order valence-corrected chi connectivity index (χ0v) is 8.53. The number of benzene rings is 1. The van der Waals surface area contributed by atoms with Gasteiger partial charge in [-0.25, -0.2) is 4.39 Å². The first-order valence-electron chi connectivity index (χ1n) is 3.89. The first kappa shape index (κ1) is 12.9. The van der Waals surface area contributed by atoms with Crippen LogP contribution in [0.25, 0.3) is 0 Å². The summed E-state index contributed by atoms with van der Waals surface area (Å²) in [7, 11) is 0. The van der Waals surface area contributed by atoms with E-state index in [-0.39, 0.29) is 30.7 Å². The molecule has 1 rings (SSSR count). The van der Waals surface area contributed by atoms with E-state index < -0.39 is 0 Å². The molecule has 78 valence electrons. The Kier molecular flexibility index (Phi) is 5.12. The van der Waals surface area contributed by atoms with Crippen LogP contribution in [0.1, 0.15) is 5.56 Å². The van der Waals surface area contributed by atoms with Crippen LogP contribution in [-0.2, 0) is 4.79 Å². The van der Waals surface area contributed by atoms with Gasteiger partial charge in [-0.05, 0) is 24.6 Å². The van der Waals surface area contributed by atoms with Gasteiger partial charge in [-0.2, -0.15) is 0 Å². The molecular formula is C9H12ClFN2O. The molecule has 3 N–H and O–H groups in total. The third kappa shape index (κ3) is 3.32. The molecule has 0 spiro atoms. The lowest BCUT2D eigenvalue weighted by atomic mass is 10.2. The van der Waals surface area contributed by atoms with Gasteiger partial charge in [0, 0.05) is 5.69 Å². The maximum Gasteiger partial charge on any atom is 0.238 e. The number of carbonyl (C=O) groups excluding carboxylic acids is 1. The molecule has 14 heavy (non-hydrogen) atoms. The predicted molar refractivity (Wildman–Crippen MR) is 56.1 cm³/mol. The molecule has 1 aromatic rings. The summed E-state index contributed by atoms with van der Waals surface area (Å²) in [6.07, 6.45) is 0. The Hall–Kier alpha value is -1.13. The van der Waals surface area contributed by atoms with Gasteiger partial charge in [-0.15, -0.1) is 12.4 Å². The van der Waals surface area contributed by atoms with Crippen LogP contribution >= 0.6 is 12.4 Å². The number of anilines is 1. The molecule has 0 unspecified atom stereocenters. The van der Waals surface area contributed by atoms with E-state index in [0.717, 1.165) is 5.56 Å². The van der Waals surface area contributed by atoms with Gasteiger partial charge in [-0.1, -0.05) is 6.07 Å². The molecule has 0 aliphatic carbocycles. The second-order valence-corrected chi connectivity index (χ2v) is 2.71. The molecule has 0 aromatic heterocycles. The van der Waals surface area contributed by atoms with Crippen molar-refractivity contribution in [3.05, 3.63) is 29.6 Å². The second-order valence-electron chi connectivity index (χ2n) is 2.71. The van der Waals surface area contributed by atoms with Crippen LogP contribution in [0.4, 0.5) is 10.1 Å². The number of rotatable bonds is 2. The van der Waals surface area contributed by atoms with Crippen molar-refractivity contribution in [2.75, 3.05) is 11.9 Å². The zero-order valence-electron chi connectivity index (χ0n) is 7.71. The summed E-state index contributed by atoms with van der Waals surface area (Å²) in [5.41, 5.74) is 6.38. The highest BCUT2D eigenvalue weighted by molar-refractivity contribution is 5.92. The first-order valence-corrected chi connectivity index (χ1v) is 3.89. The van der Waals surface area contributed by atoms with E-state index in [1.54, 1.807) is 13.0 Å². The lowest BCUT2D eigenvalue weighted by Crippen LogP contribution is -2.22. The van der Waals surface area contributed by atoms with Crippen molar-refractivity contribution in [2.45, 2.75) is 6.92 Å². The fourth-order valence-electron chi connectivity index (χ4n) is 0.930. The number of nitrogens with two attached hydrogens (primary N) is 1. The number of nitrogens with one attached hydrogen (secondary N) is 1. The molecule has 0 heterocycles. The lowest BCUT2D eigenvalue weighted by molar-refractivity contribution is -0.114. The average molecular weight is 219 g/mol. The molecule has 0 bridgehead atoms. The number of amides is 1. The molecule has 3 nitrogen and oxygen atoms in total. The minimum absolute atomic E-state index is 0. The van der Waals surface area contributed by atoms with E-state index in [2.05, 4.69) is 5.32 Å². The van der Waals surface area contributed by atoms with Gasteiger partial charge in [0.15, 0.2) is 0 Å². The van der Waals surface area contributed by atoms with Crippen molar-refractivity contribution in [1.82, 2.24) is 0 Å². The number of hydrogen-bond acceptors (Lipinski definition) is 2. The van der Waals surface area contributed by atoms with E-state index in [1.807, 2.05) is 0 Å². The SMILES string of the molecule is Cc1ccc(F)cc1NC(=O)CN.Cl. The molecule has 5 heteroatoms. The number of hydrogen-bond donors (Lipinski definition) is 2. The van der Waals surface area contributed by atoms with Crippen LogP contribution in [-0.4, -0.2) is 12.5 Å². The molecule has 1 amide bonds. The van der Waals surface area contributed by atoms with E-state index in [9.17, 15) is 9.18 Å². The smallest absolute Gasteiger partial charge is 0.238 e. The Labute approximate surface area is 87.9 Å². The van der Waals surface area contributed by atoms with Crippen LogP contribution in [0.3, 0.4) is 0 Å². The van der Waals surface area contributed by atoms with Crippen molar-refractivity contribution in [1.29, 1.82) is 0 Å². The van der Waals surface area contributed by atoms with Crippen LogP contribution < -0.4 is 11.1 Å². The van der Waals surface area contributed by atoms with Crippen molar-refractivity contribution in [3.8, 4) is 0 Å². The van der Waals surface area contributed by atoms with Gasteiger partial charge in [-0.3, -0.25) is 4.79 Å². The molecule has 0 radical (unpaired) electrons. The summed E-state index contributed by atoms with van der Waals surface area (Å²) >= 11 is 0. The largest absolute Gasteiger partial charge is 0.325 e. The van der Waals surface area contributed by atoms with Crippen LogP contribution in [0.2, 0.25) is 0 Å². The van der Waals surface area contributed by atoms with Gasteiger partial charge >= 0.3 is 0 Å². The standard InChI is InChI=1S/C9H11FN2O.ClH/c1-6-2-3-7(10)4-8(6)12-9(13)5-11;/h2-4H,5,11H2,1H3,(H,12,13);1H. The highest BCUT2D eigenvalue weighted by atomic mass is 35.5. The molecular weight excluding hydrogens is 207 g/mol. The number of carbonyl (C=O) groups is 1. The Morgan fingerprint density at radius 3 is 2.79 bits per heavy atom. The summed E-state index contributed by atoms with van der Waals surface area (Å²) in [5, 5.41) is 2.50. The fourth-order valence-corrected chi connectivity index (χ4v) is 0.930. The minimum atomic E-state index is -0.377. The normalized spacial score (nSPS) is 9.07. The van der Waals surface area contributed by atoms with Crippen molar-refractivity contribution >= 4 is 24.0 Å². The van der Waals surface area contributed by atoms with Crippen molar-refractivity contribution < 1.29 is 9.18 Å². The van der Waals surface area contributed by atoms with E-state index in [0.29, 0.717) is 5.69 Å². The highest BCUT2D eigenvalue weighted by Crippen LogP contribution is 2.15. The maximum atomic E-state index is 12.7. The lowest BCUT2D eigenvalue weighted by Gasteiger charge is -2.06. The Bertz CT molecular complexity index is 331. The summed E-state index contributed by atoms with van der Waals surface area (Å²) in [6.45, 7) is 1.68. The molecule has 0 aliphatic rings. The maximum absolute atomic E-state index is 12.7. The third-order valence-corrected chi connectivity index (χ3v) is 1.66. The number of aryl methyl sites for hydroxylation is 1. The third-order valence-electron chi connectivity index (χ3n) is 1.66. The monoisotopic (exact) mass is 218 g/mol.